The van der Waals surface area contributed by atoms with Crippen molar-refractivity contribution in [2.45, 2.75) is 18.3 Å². The summed E-state index contributed by atoms with van der Waals surface area (Å²) in [7, 11) is 0. The minimum atomic E-state index is -0.0949. The average molecular weight is 441 g/mol. The number of rotatable bonds is 3. The fourth-order valence-electron chi connectivity index (χ4n) is 4.99. The molecule has 3 N–H and O–H groups in total. The molecule has 1 fully saturated rings. The summed E-state index contributed by atoms with van der Waals surface area (Å²) in [6.45, 7) is 2.18. The number of carbonyl (C=O) groups excluding carboxylic acids is 1. The first-order valence-corrected chi connectivity index (χ1v) is 11.2. The van der Waals surface area contributed by atoms with E-state index in [1.165, 1.54) is 5.69 Å². The summed E-state index contributed by atoms with van der Waals surface area (Å²) in [5, 5.41) is 1.02. The lowest BCUT2D eigenvalue weighted by atomic mass is 9.73. The molecule has 3 aromatic heterocycles. The maximum Gasteiger partial charge on any atom is 0.236 e. The summed E-state index contributed by atoms with van der Waals surface area (Å²) in [5.74, 6) is 1.20. The summed E-state index contributed by atoms with van der Waals surface area (Å²) in [6.07, 6.45) is 5.40. The molecule has 2 aliphatic rings. The molecule has 1 saturated heterocycles. The number of amides is 1. The molecular weight excluding hydrogens is 416 g/mol. The van der Waals surface area contributed by atoms with E-state index >= 15 is 0 Å². The number of para-hydroxylation sites is 1. The zero-order valence-electron chi connectivity index (χ0n) is 18.1. The van der Waals surface area contributed by atoms with Gasteiger partial charge in [0.05, 0.1) is 24.5 Å². The Morgan fingerprint density at radius 3 is 2.85 bits per heavy atom. The highest BCUT2D eigenvalue weighted by atomic mass is 16.3. The maximum absolute atomic E-state index is 12.0. The number of benzene rings is 1. The van der Waals surface area contributed by atoms with Crippen molar-refractivity contribution >= 4 is 23.1 Å². The number of nitrogens with two attached hydrogens (primary N) is 1. The van der Waals surface area contributed by atoms with Crippen molar-refractivity contribution in [2.24, 2.45) is 10.7 Å². The van der Waals surface area contributed by atoms with E-state index in [9.17, 15) is 4.79 Å². The van der Waals surface area contributed by atoms with Crippen LogP contribution in [0.5, 0.6) is 0 Å². The zero-order valence-corrected chi connectivity index (χ0v) is 18.1. The van der Waals surface area contributed by atoms with Crippen LogP contribution in [-0.4, -0.2) is 58.2 Å². The summed E-state index contributed by atoms with van der Waals surface area (Å²) in [4.78, 5) is 31.4. The van der Waals surface area contributed by atoms with Gasteiger partial charge in [0.25, 0.3) is 0 Å². The highest BCUT2D eigenvalue weighted by Crippen LogP contribution is 2.40. The standard InChI is InChI=1S/C25H24N6O2/c26-13-22(32)31-9-6-25(7-10-31)15-27-14-17-11-19(29-23(17)25)18-5-8-28-24(30-18)21-12-16-3-1-2-4-20(16)33-21/h1-5,8,11-12,14,29H,6-7,9-10,13,15,26H2. The fraction of sp³-hybridized carbons (Fsp3) is 0.280. The van der Waals surface area contributed by atoms with Crippen LogP contribution < -0.4 is 5.73 Å². The minimum Gasteiger partial charge on any atom is -0.453 e. The van der Waals surface area contributed by atoms with Crippen LogP contribution in [0, 0.1) is 0 Å². The second kappa shape index (κ2) is 7.67. The first kappa shape index (κ1) is 19.9. The fourth-order valence-corrected chi connectivity index (χ4v) is 4.99. The van der Waals surface area contributed by atoms with Gasteiger partial charge in [0.2, 0.25) is 5.91 Å². The Hall–Kier alpha value is -3.78. The molecule has 1 aromatic carbocycles. The van der Waals surface area contributed by atoms with Gasteiger partial charge < -0.3 is 20.0 Å². The first-order chi connectivity index (χ1) is 16.1. The molecule has 0 atom stereocenters. The van der Waals surface area contributed by atoms with Crippen molar-refractivity contribution in [2.75, 3.05) is 26.2 Å². The molecular formula is C25H24N6O2. The monoisotopic (exact) mass is 440 g/mol. The predicted molar refractivity (Wildman–Crippen MR) is 126 cm³/mol. The third-order valence-electron chi connectivity index (χ3n) is 6.83. The van der Waals surface area contributed by atoms with Gasteiger partial charge in [-0.2, -0.15) is 0 Å². The molecule has 166 valence electrons. The van der Waals surface area contributed by atoms with Gasteiger partial charge in [-0.1, -0.05) is 18.2 Å². The van der Waals surface area contributed by atoms with Crippen LogP contribution in [0.3, 0.4) is 0 Å². The number of furan rings is 1. The van der Waals surface area contributed by atoms with Crippen LogP contribution in [0.25, 0.3) is 33.9 Å². The second-order valence-corrected chi connectivity index (χ2v) is 8.76. The first-order valence-electron chi connectivity index (χ1n) is 11.2. The van der Waals surface area contributed by atoms with Gasteiger partial charge in [-0.25, -0.2) is 9.97 Å². The molecule has 4 aromatic rings. The number of nitrogens with one attached hydrogen (secondary N) is 1. The van der Waals surface area contributed by atoms with Gasteiger partial charge in [-0.15, -0.1) is 0 Å². The van der Waals surface area contributed by atoms with E-state index in [-0.39, 0.29) is 17.9 Å². The van der Waals surface area contributed by atoms with Gasteiger partial charge >= 0.3 is 0 Å². The van der Waals surface area contributed by atoms with Crippen molar-refractivity contribution in [3.63, 3.8) is 0 Å². The zero-order chi connectivity index (χ0) is 22.4. The molecule has 1 amide bonds. The summed E-state index contributed by atoms with van der Waals surface area (Å²) >= 11 is 0. The lowest BCUT2D eigenvalue weighted by Gasteiger charge is -2.42. The van der Waals surface area contributed by atoms with Crippen LogP contribution in [0.2, 0.25) is 0 Å². The van der Waals surface area contributed by atoms with Crippen molar-refractivity contribution in [3.8, 4) is 23.0 Å². The number of likely N-dealkylation sites (tertiary alicyclic amines) is 1. The van der Waals surface area contributed by atoms with Gasteiger partial charge in [0.15, 0.2) is 11.6 Å². The average Bonchev–Trinajstić information content (AvgIpc) is 3.50. The van der Waals surface area contributed by atoms with Crippen molar-refractivity contribution < 1.29 is 9.21 Å². The van der Waals surface area contributed by atoms with Crippen LogP contribution in [0.1, 0.15) is 24.1 Å². The number of aliphatic imine (C=N–C) groups is 1. The highest BCUT2D eigenvalue weighted by molar-refractivity contribution is 5.86. The normalized spacial score (nSPS) is 16.9. The van der Waals surface area contributed by atoms with E-state index in [1.807, 2.05) is 47.5 Å². The summed E-state index contributed by atoms with van der Waals surface area (Å²) in [5.41, 5.74) is 10.3. The highest BCUT2D eigenvalue weighted by Gasteiger charge is 2.41. The molecule has 0 aliphatic carbocycles. The Labute approximate surface area is 190 Å². The Kier molecular flexibility index (Phi) is 4.62. The quantitative estimate of drug-likeness (QED) is 0.508. The van der Waals surface area contributed by atoms with Crippen molar-refractivity contribution in [1.82, 2.24) is 19.9 Å². The van der Waals surface area contributed by atoms with Crippen molar-refractivity contribution in [3.05, 3.63) is 59.9 Å². The number of aromatic nitrogens is 3. The van der Waals surface area contributed by atoms with Gasteiger partial charge in [0, 0.05) is 47.6 Å². The summed E-state index contributed by atoms with van der Waals surface area (Å²) in [6, 6.07) is 13.8. The largest absolute Gasteiger partial charge is 0.453 e. The number of nitrogens with zero attached hydrogens (tertiary/aromatic N) is 4. The Bertz CT molecular complexity index is 1340. The number of carbonyl (C=O) groups is 1. The van der Waals surface area contributed by atoms with E-state index in [1.54, 1.807) is 6.20 Å². The molecule has 0 unspecified atom stereocenters. The molecule has 5 heterocycles. The molecule has 8 heteroatoms. The maximum atomic E-state index is 12.0. The molecule has 0 bridgehead atoms. The topological polar surface area (TPSA) is 113 Å². The van der Waals surface area contributed by atoms with Gasteiger partial charge in [-0.3, -0.25) is 9.79 Å². The van der Waals surface area contributed by atoms with Crippen LogP contribution >= 0.6 is 0 Å². The van der Waals surface area contributed by atoms with E-state index < -0.39 is 0 Å². The number of H-pyrrole nitrogens is 1. The van der Waals surface area contributed by atoms with E-state index in [2.05, 4.69) is 21.0 Å². The molecule has 0 saturated carbocycles. The molecule has 33 heavy (non-hydrogen) atoms. The molecule has 0 radical (unpaired) electrons. The van der Waals surface area contributed by atoms with E-state index in [0.717, 1.165) is 47.3 Å². The Balaban J connectivity index is 1.32. The molecule has 1 spiro atoms. The Morgan fingerprint density at radius 2 is 2.03 bits per heavy atom. The SMILES string of the molecule is NCC(=O)N1CCC2(CC1)CN=Cc1cc(-c3ccnc(-c4cc5ccccc5o4)n3)[nH]c12. The molecule has 8 nitrogen and oxygen atoms in total. The lowest BCUT2D eigenvalue weighted by molar-refractivity contribution is -0.131. The van der Waals surface area contributed by atoms with E-state index in [0.29, 0.717) is 24.7 Å². The number of fused-ring (bicyclic) bond motifs is 3. The van der Waals surface area contributed by atoms with Crippen molar-refractivity contribution in [1.29, 1.82) is 0 Å². The van der Waals surface area contributed by atoms with Gasteiger partial charge in [0.1, 0.15) is 5.58 Å². The minimum absolute atomic E-state index is 0.00987. The summed E-state index contributed by atoms with van der Waals surface area (Å²) < 4.78 is 5.96. The third-order valence-corrected chi connectivity index (χ3v) is 6.83. The lowest BCUT2D eigenvalue weighted by Crippen LogP contribution is -2.49. The smallest absolute Gasteiger partial charge is 0.236 e. The second-order valence-electron chi connectivity index (χ2n) is 8.76. The van der Waals surface area contributed by atoms with Gasteiger partial charge in [-0.05, 0) is 37.1 Å². The van der Waals surface area contributed by atoms with Crippen LogP contribution in [0.4, 0.5) is 0 Å². The number of piperidine rings is 1. The predicted octanol–water partition coefficient (Wildman–Crippen LogP) is 3.14. The number of aromatic amines is 1. The molecule has 2 aliphatic heterocycles. The number of hydrogen-bond acceptors (Lipinski definition) is 6. The number of hydrogen-bond donors (Lipinski definition) is 2. The van der Waals surface area contributed by atoms with Crippen LogP contribution in [0.15, 0.2) is 58.1 Å². The van der Waals surface area contributed by atoms with Crippen LogP contribution in [-0.2, 0) is 10.2 Å². The molecule has 6 rings (SSSR count). The van der Waals surface area contributed by atoms with E-state index in [4.69, 9.17) is 15.1 Å². The third kappa shape index (κ3) is 3.34. The Morgan fingerprint density at radius 1 is 1.18 bits per heavy atom.